The molecule has 176 valence electrons. The number of halogens is 2. The highest BCUT2D eigenvalue weighted by Crippen LogP contribution is 2.22. The molecule has 2 heterocycles. The number of carbonyl (C=O) groups is 2. The van der Waals surface area contributed by atoms with E-state index in [9.17, 15) is 9.59 Å². The second kappa shape index (κ2) is 11.5. The van der Waals surface area contributed by atoms with E-state index in [1.165, 1.54) is 10.9 Å². The van der Waals surface area contributed by atoms with E-state index < -0.39 is 0 Å². The number of ether oxygens (including phenoxy) is 1. The van der Waals surface area contributed by atoms with Crippen LogP contribution in [0.25, 0.3) is 10.9 Å². The summed E-state index contributed by atoms with van der Waals surface area (Å²) >= 11 is 5.93. The number of piperazine rings is 1. The Balaban J connectivity index is 0.00000306. The van der Waals surface area contributed by atoms with E-state index in [-0.39, 0.29) is 30.8 Å². The molecule has 0 aliphatic carbocycles. The smallest absolute Gasteiger partial charge is 0.325 e. The van der Waals surface area contributed by atoms with Crippen molar-refractivity contribution in [2.45, 2.75) is 19.9 Å². The van der Waals surface area contributed by atoms with E-state index in [1.54, 1.807) is 24.3 Å². The van der Waals surface area contributed by atoms with Gasteiger partial charge in [0, 0.05) is 60.4 Å². The molecular formula is C25H29Cl2N3O3. The first-order chi connectivity index (χ1) is 15.5. The fourth-order valence-electron chi connectivity index (χ4n) is 4.23. The number of hydrogen-bond donors (Lipinski definition) is 0. The molecular weight excluding hydrogens is 461 g/mol. The zero-order chi connectivity index (χ0) is 22.5. The maximum absolute atomic E-state index is 12.7. The molecule has 0 N–H and O–H groups in total. The maximum atomic E-state index is 12.7. The summed E-state index contributed by atoms with van der Waals surface area (Å²) in [4.78, 5) is 29.0. The standard InChI is InChI=1S/C25H28ClN3O3.ClH/c1-2-32-24(30)18-29-17-20(22-5-3-4-6-23(22)29)11-12-27-13-15-28(16-14-27)25(31)19-7-9-21(26)10-8-19;/h3-10,17H,2,11-16,18H2,1H3;1H. The van der Waals surface area contributed by atoms with Crippen LogP contribution < -0.4 is 0 Å². The van der Waals surface area contributed by atoms with Gasteiger partial charge in [-0.05, 0) is 49.2 Å². The molecule has 4 rings (SSSR count). The number of aromatic nitrogens is 1. The fourth-order valence-corrected chi connectivity index (χ4v) is 4.35. The van der Waals surface area contributed by atoms with Crippen LogP contribution in [0.4, 0.5) is 0 Å². The first-order valence-corrected chi connectivity index (χ1v) is 11.4. The molecule has 0 radical (unpaired) electrons. The van der Waals surface area contributed by atoms with Crippen molar-refractivity contribution in [3.8, 4) is 0 Å². The molecule has 33 heavy (non-hydrogen) atoms. The minimum Gasteiger partial charge on any atom is -0.465 e. The third-order valence-corrected chi connectivity index (χ3v) is 6.18. The highest BCUT2D eigenvalue weighted by molar-refractivity contribution is 6.30. The summed E-state index contributed by atoms with van der Waals surface area (Å²) in [5.41, 5.74) is 2.95. The number of amides is 1. The summed E-state index contributed by atoms with van der Waals surface area (Å²) in [6.45, 7) is 6.47. The first-order valence-electron chi connectivity index (χ1n) is 11.0. The van der Waals surface area contributed by atoms with Gasteiger partial charge >= 0.3 is 5.97 Å². The average molecular weight is 490 g/mol. The highest BCUT2D eigenvalue weighted by Gasteiger charge is 2.22. The molecule has 1 amide bonds. The van der Waals surface area contributed by atoms with Crippen molar-refractivity contribution in [1.29, 1.82) is 0 Å². The van der Waals surface area contributed by atoms with Crippen molar-refractivity contribution in [2.24, 2.45) is 0 Å². The first kappa shape index (κ1) is 25.1. The summed E-state index contributed by atoms with van der Waals surface area (Å²) in [6, 6.07) is 15.2. The van der Waals surface area contributed by atoms with Crippen LogP contribution in [0.5, 0.6) is 0 Å². The van der Waals surface area contributed by atoms with E-state index in [4.69, 9.17) is 16.3 Å². The number of para-hydroxylation sites is 1. The summed E-state index contributed by atoms with van der Waals surface area (Å²) in [7, 11) is 0. The van der Waals surface area contributed by atoms with Gasteiger partial charge in [0.2, 0.25) is 0 Å². The molecule has 1 saturated heterocycles. The van der Waals surface area contributed by atoms with Crippen LogP contribution in [-0.4, -0.2) is 65.6 Å². The molecule has 0 spiro atoms. The molecule has 0 saturated carbocycles. The van der Waals surface area contributed by atoms with Crippen molar-refractivity contribution >= 4 is 46.8 Å². The number of benzene rings is 2. The Labute approximate surface area is 205 Å². The molecule has 8 heteroatoms. The lowest BCUT2D eigenvalue weighted by molar-refractivity contribution is -0.143. The van der Waals surface area contributed by atoms with Crippen molar-refractivity contribution in [3.05, 3.63) is 70.9 Å². The van der Waals surface area contributed by atoms with Crippen molar-refractivity contribution in [2.75, 3.05) is 39.3 Å². The minimum atomic E-state index is -0.221. The predicted octanol–water partition coefficient (Wildman–Crippen LogP) is 4.28. The van der Waals surface area contributed by atoms with E-state index in [2.05, 4.69) is 17.2 Å². The Bertz CT molecular complexity index is 1090. The zero-order valence-electron chi connectivity index (χ0n) is 18.7. The highest BCUT2D eigenvalue weighted by atomic mass is 35.5. The fraction of sp³-hybridized carbons (Fsp3) is 0.360. The van der Waals surface area contributed by atoms with Gasteiger partial charge in [0.1, 0.15) is 6.54 Å². The zero-order valence-corrected chi connectivity index (χ0v) is 20.3. The van der Waals surface area contributed by atoms with Crippen LogP contribution in [0, 0.1) is 0 Å². The molecule has 1 aliphatic heterocycles. The molecule has 0 atom stereocenters. The second-order valence-electron chi connectivity index (χ2n) is 8.00. The van der Waals surface area contributed by atoms with Gasteiger partial charge in [0.15, 0.2) is 0 Å². The van der Waals surface area contributed by atoms with Gasteiger partial charge in [-0.3, -0.25) is 14.5 Å². The average Bonchev–Trinajstić information content (AvgIpc) is 3.15. The molecule has 1 aromatic heterocycles. The number of hydrogen-bond acceptors (Lipinski definition) is 4. The van der Waals surface area contributed by atoms with Crippen molar-refractivity contribution < 1.29 is 14.3 Å². The van der Waals surface area contributed by atoms with Crippen molar-refractivity contribution in [3.63, 3.8) is 0 Å². The third kappa shape index (κ3) is 6.08. The Morgan fingerprint density at radius 3 is 2.39 bits per heavy atom. The van der Waals surface area contributed by atoms with Gasteiger partial charge < -0.3 is 14.2 Å². The lowest BCUT2D eigenvalue weighted by Gasteiger charge is -2.34. The molecule has 1 aliphatic rings. The van der Waals surface area contributed by atoms with Gasteiger partial charge in [0.25, 0.3) is 5.91 Å². The van der Waals surface area contributed by atoms with Gasteiger partial charge in [-0.1, -0.05) is 29.8 Å². The monoisotopic (exact) mass is 489 g/mol. The minimum absolute atomic E-state index is 0. The number of esters is 1. The molecule has 0 bridgehead atoms. The summed E-state index contributed by atoms with van der Waals surface area (Å²) in [5, 5.41) is 1.81. The Morgan fingerprint density at radius 2 is 1.70 bits per heavy atom. The molecule has 0 unspecified atom stereocenters. The third-order valence-electron chi connectivity index (χ3n) is 5.92. The van der Waals surface area contributed by atoms with Crippen LogP contribution in [-0.2, 0) is 22.5 Å². The van der Waals surface area contributed by atoms with Gasteiger partial charge in [0.05, 0.1) is 6.61 Å². The van der Waals surface area contributed by atoms with Gasteiger partial charge in [-0.2, -0.15) is 0 Å². The second-order valence-corrected chi connectivity index (χ2v) is 8.43. The van der Waals surface area contributed by atoms with Crippen LogP contribution in [0.15, 0.2) is 54.7 Å². The van der Waals surface area contributed by atoms with Crippen molar-refractivity contribution in [1.82, 2.24) is 14.4 Å². The van der Waals surface area contributed by atoms with Gasteiger partial charge in [-0.15, -0.1) is 12.4 Å². The van der Waals surface area contributed by atoms with E-state index in [0.717, 1.165) is 31.6 Å². The van der Waals surface area contributed by atoms with Crippen LogP contribution in [0.3, 0.4) is 0 Å². The number of rotatable bonds is 7. The Kier molecular flexibility index (Phi) is 8.78. The number of carbonyl (C=O) groups excluding carboxylic acids is 2. The lowest BCUT2D eigenvalue weighted by atomic mass is 10.1. The molecule has 3 aromatic rings. The quantitative estimate of drug-likeness (QED) is 0.464. The Hall–Kier alpha value is -2.54. The molecule has 1 fully saturated rings. The van der Waals surface area contributed by atoms with Crippen LogP contribution >= 0.6 is 24.0 Å². The largest absolute Gasteiger partial charge is 0.465 e. The number of fused-ring (bicyclic) bond motifs is 1. The summed E-state index contributed by atoms with van der Waals surface area (Å²) < 4.78 is 7.10. The summed E-state index contributed by atoms with van der Waals surface area (Å²) in [6.07, 6.45) is 2.96. The summed E-state index contributed by atoms with van der Waals surface area (Å²) in [5.74, 6) is -0.162. The van der Waals surface area contributed by atoms with E-state index in [1.807, 2.05) is 34.6 Å². The van der Waals surface area contributed by atoms with E-state index >= 15 is 0 Å². The molecule has 2 aromatic carbocycles. The topological polar surface area (TPSA) is 54.8 Å². The van der Waals surface area contributed by atoms with Crippen LogP contribution in [0.1, 0.15) is 22.8 Å². The Morgan fingerprint density at radius 1 is 1.00 bits per heavy atom. The molecule has 6 nitrogen and oxygen atoms in total. The lowest BCUT2D eigenvalue weighted by Crippen LogP contribution is -2.49. The maximum Gasteiger partial charge on any atom is 0.325 e. The van der Waals surface area contributed by atoms with Crippen LogP contribution in [0.2, 0.25) is 5.02 Å². The normalized spacial score (nSPS) is 14.2. The number of nitrogens with zero attached hydrogens (tertiary/aromatic N) is 3. The predicted molar refractivity (Wildman–Crippen MR) is 133 cm³/mol. The van der Waals surface area contributed by atoms with E-state index in [0.29, 0.717) is 30.3 Å². The SMILES string of the molecule is CCOC(=O)Cn1cc(CCN2CCN(C(=O)c3ccc(Cl)cc3)CC2)c2ccccc21.Cl. The van der Waals surface area contributed by atoms with Gasteiger partial charge in [-0.25, -0.2) is 0 Å².